The molecule has 0 radical (unpaired) electrons. The fraction of sp³-hybridized carbons (Fsp3) is 1.00. The Labute approximate surface area is 103 Å². The zero-order chi connectivity index (χ0) is 12.4. The molecule has 0 aromatic carbocycles. The first-order valence-corrected chi connectivity index (χ1v) is 7.28. The van der Waals surface area contributed by atoms with E-state index >= 15 is 0 Å². The van der Waals surface area contributed by atoms with Gasteiger partial charge < -0.3 is 4.90 Å². The third-order valence-corrected chi connectivity index (χ3v) is 3.46. The lowest BCUT2D eigenvalue weighted by Gasteiger charge is -2.38. The van der Waals surface area contributed by atoms with Crippen LogP contribution in [0.25, 0.3) is 0 Å². The van der Waals surface area contributed by atoms with E-state index in [9.17, 15) is 0 Å². The van der Waals surface area contributed by atoms with Crippen molar-refractivity contribution in [2.45, 2.75) is 59.9 Å². The van der Waals surface area contributed by atoms with Gasteiger partial charge in [0.2, 0.25) is 0 Å². The molecular weight excluding hydrogens is 196 g/mol. The van der Waals surface area contributed by atoms with Crippen LogP contribution in [0.4, 0.5) is 0 Å². The second kappa shape index (κ2) is 10.1. The summed E-state index contributed by atoms with van der Waals surface area (Å²) in [6.07, 6.45) is 4.02. The lowest BCUT2D eigenvalue weighted by molar-refractivity contribution is 0.0929. The summed E-state index contributed by atoms with van der Waals surface area (Å²) in [5, 5.41) is 0. The summed E-state index contributed by atoms with van der Waals surface area (Å²) in [4.78, 5) is 5.24. The van der Waals surface area contributed by atoms with Crippen molar-refractivity contribution in [1.29, 1.82) is 0 Å². The molecule has 1 aliphatic rings. The Bertz CT molecular complexity index is 140. The Morgan fingerprint density at radius 1 is 0.938 bits per heavy atom. The minimum absolute atomic E-state index is 0.846. The van der Waals surface area contributed by atoms with Crippen LogP contribution < -0.4 is 0 Å². The number of hydrogen-bond acceptors (Lipinski definition) is 2. The highest BCUT2D eigenvalue weighted by Crippen LogP contribution is 2.13. The van der Waals surface area contributed by atoms with Crippen molar-refractivity contribution >= 4 is 0 Å². The van der Waals surface area contributed by atoms with Gasteiger partial charge in [0.1, 0.15) is 0 Å². The minimum atomic E-state index is 0.846. The van der Waals surface area contributed by atoms with Crippen LogP contribution >= 0.6 is 0 Å². The lowest BCUT2D eigenvalue weighted by atomic mass is 10.1. The normalized spacial score (nSPS) is 20.1. The van der Waals surface area contributed by atoms with E-state index in [4.69, 9.17) is 0 Å². The molecule has 1 atom stereocenters. The Morgan fingerprint density at radius 2 is 1.50 bits per heavy atom. The highest BCUT2D eigenvalue weighted by molar-refractivity contribution is 4.77. The Kier molecular flexibility index (Phi) is 10.0. The van der Waals surface area contributed by atoms with Crippen molar-refractivity contribution in [3.8, 4) is 0 Å². The predicted molar refractivity (Wildman–Crippen MR) is 74.0 cm³/mol. The molecule has 0 bridgehead atoms. The zero-order valence-electron chi connectivity index (χ0n) is 12.1. The summed E-state index contributed by atoms with van der Waals surface area (Å²) < 4.78 is 0. The monoisotopic (exact) mass is 228 g/mol. The summed E-state index contributed by atoms with van der Waals surface area (Å²) in [7, 11) is 0. The molecule has 1 unspecified atom stereocenters. The SMILES string of the molecule is CC.CCCC(CC)N1CCN(CC)CC1. The smallest absolute Gasteiger partial charge is 0.0113 e. The maximum Gasteiger partial charge on any atom is 0.0113 e. The first-order valence-electron chi connectivity index (χ1n) is 7.28. The van der Waals surface area contributed by atoms with Crippen LogP contribution in [0.5, 0.6) is 0 Å². The summed E-state index contributed by atoms with van der Waals surface area (Å²) in [5.41, 5.74) is 0. The van der Waals surface area contributed by atoms with Gasteiger partial charge in [-0.2, -0.15) is 0 Å². The average Bonchev–Trinajstić information content (AvgIpc) is 2.38. The van der Waals surface area contributed by atoms with E-state index in [0.29, 0.717) is 0 Å². The molecule has 0 aromatic heterocycles. The van der Waals surface area contributed by atoms with E-state index in [1.54, 1.807) is 0 Å². The molecule has 1 rings (SSSR count). The van der Waals surface area contributed by atoms with Gasteiger partial charge in [0, 0.05) is 32.2 Å². The molecule has 1 heterocycles. The van der Waals surface area contributed by atoms with Gasteiger partial charge in [-0.15, -0.1) is 0 Å². The highest BCUT2D eigenvalue weighted by atomic mass is 15.3. The van der Waals surface area contributed by atoms with E-state index in [0.717, 1.165) is 6.04 Å². The van der Waals surface area contributed by atoms with Crippen molar-refractivity contribution in [2.75, 3.05) is 32.7 Å². The van der Waals surface area contributed by atoms with Crippen LogP contribution in [0.1, 0.15) is 53.9 Å². The minimum Gasteiger partial charge on any atom is -0.301 e. The van der Waals surface area contributed by atoms with Gasteiger partial charge in [-0.25, -0.2) is 0 Å². The van der Waals surface area contributed by atoms with Crippen molar-refractivity contribution in [2.24, 2.45) is 0 Å². The van der Waals surface area contributed by atoms with Crippen LogP contribution in [0, 0.1) is 0 Å². The molecule has 2 heteroatoms. The number of hydrogen-bond donors (Lipinski definition) is 0. The van der Waals surface area contributed by atoms with Gasteiger partial charge in [-0.1, -0.05) is 41.0 Å². The standard InChI is InChI=1S/C12H26N2.C2H6/c1-4-7-12(5-2)14-10-8-13(6-3)9-11-14;1-2/h12H,4-11H2,1-3H3;1-2H3. The molecule has 0 aromatic rings. The number of rotatable bonds is 5. The highest BCUT2D eigenvalue weighted by Gasteiger charge is 2.20. The lowest BCUT2D eigenvalue weighted by Crippen LogP contribution is -2.49. The molecular formula is C14H32N2. The topological polar surface area (TPSA) is 6.48 Å². The molecule has 0 N–H and O–H groups in total. The quantitative estimate of drug-likeness (QED) is 0.713. The van der Waals surface area contributed by atoms with E-state index in [2.05, 4.69) is 30.6 Å². The zero-order valence-corrected chi connectivity index (χ0v) is 12.1. The molecule has 0 saturated carbocycles. The second-order valence-electron chi connectivity index (χ2n) is 4.32. The van der Waals surface area contributed by atoms with Crippen LogP contribution in [0.15, 0.2) is 0 Å². The number of piperazine rings is 1. The molecule has 1 fully saturated rings. The van der Waals surface area contributed by atoms with Crippen molar-refractivity contribution in [1.82, 2.24) is 9.80 Å². The van der Waals surface area contributed by atoms with Crippen molar-refractivity contribution < 1.29 is 0 Å². The largest absolute Gasteiger partial charge is 0.301 e. The van der Waals surface area contributed by atoms with E-state index in [1.807, 2.05) is 13.8 Å². The third-order valence-electron chi connectivity index (χ3n) is 3.46. The molecule has 1 saturated heterocycles. The van der Waals surface area contributed by atoms with Crippen LogP contribution in [-0.2, 0) is 0 Å². The molecule has 1 aliphatic heterocycles. The van der Waals surface area contributed by atoms with Gasteiger partial charge >= 0.3 is 0 Å². The summed E-state index contributed by atoms with van der Waals surface area (Å²) in [6, 6.07) is 0.846. The molecule has 0 amide bonds. The number of nitrogens with zero attached hydrogens (tertiary/aromatic N) is 2. The molecule has 0 aliphatic carbocycles. The third kappa shape index (κ3) is 5.31. The van der Waals surface area contributed by atoms with Crippen molar-refractivity contribution in [3.63, 3.8) is 0 Å². The first-order chi connectivity index (χ1) is 7.81. The maximum atomic E-state index is 2.69. The fourth-order valence-corrected chi connectivity index (χ4v) is 2.42. The maximum absolute atomic E-state index is 2.69. The van der Waals surface area contributed by atoms with Gasteiger partial charge in [-0.05, 0) is 19.4 Å². The van der Waals surface area contributed by atoms with Gasteiger partial charge in [-0.3, -0.25) is 4.90 Å². The molecule has 16 heavy (non-hydrogen) atoms. The predicted octanol–water partition coefficient (Wildman–Crippen LogP) is 3.23. The molecule has 98 valence electrons. The first kappa shape index (κ1) is 15.9. The van der Waals surface area contributed by atoms with Crippen molar-refractivity contribution in [3.05, 3.63) is 0 Å². The van der Waals surface area contributed by atoms with E-state index in [-0.39, 0.29) is 0 Å². The van der Waals surface area contributed by atoms with E-state index < -0.39 is 0 Å². The fourth-order valence-electron chi connectivity index (χ4n) is 2.42. The Morgan fingerprint density at radius 3 is 1.88 bits per heavy atom. The van der Waals surface area contributed by atoms with E-state index in [1.165, 1.54) is 52.0 Å². The average molecular weight is 228 g/mol. The van der Waals surface area contributed by atoms with Gasteiger partial charge in [0.25, 0.3) is 0 Å². The van der Waals surface area contributed by atoms with Crippen LogP contribution in [0.3, 0.4) is 0 Å². The summed E-state index contributed by atoms with van der Waals surface area (Å²) >= 11 is 0. The van der Waals surface area contributed by atoms with Crippen LogP contribution in [-0.4, -0.2) is 48.6 Å². The summed E-state index contributed by atoms with van der Waals surface area (Å²) in [6.45, 7) is 17.2. The van der Waals surface area contributed by atoms with Crippen LogP contribution in [0.2, 0.25) is 0 Å². The van der Waals surface area contributed by atoms with Gasteiger partial charge in [0.15, 0.2) is 0 Å². The summed E-state index contributed by atoms with van der Waals surface area (Å²) in [5.74, 6) is 0. The Balaban J connectivity index is 0.00000106. The number of likely N-dealkylation sites (N-methyl/N-ethyl adjacent to an activating group) is 1. The second-order valence-corrected chi connectivity index (χ2v) is 4.32. The Hall–Kier alpha value is -0.0800. The van der Waals surface area contributed by atoms with Gasteiger partial charge in [0.05, 0.1) is 0 Å². The molecule has 0 spiro atoms. The molecule has 2 nitrogen and oxygen atoms in total.